The van der Waals surface area contributed by atoms with Gasteiger partial charge in [-0.15, -0.1) is 11.3 Å². The van der Waals surface area contributed by atoms with Crippen molar-refractivity contribution >= 4 is 33.0 Å². The molecule has 0 radical (unpaired) electrons. The third-order valence-electron chi connectivity index (χ3n) is 7.48. The van der Waals surface area contributed by atoms with Crippen LogP contribution in [-0.2, 0) is 10.0 Å². The molecule has 4 rings (SSSR count). The highest BCUT2D eigenvalue weighted by molar-refractivity contribution is 7.94. The average Bonchev–Trinajstić information content (AvgIpc) is 3.43. The fourth-order valence-electron chi connectivity index (χ4n) is 5.35. The Labute approximate surface area is 224 Å². The Bertz CT molecular complexity index is 1150. The summed E-state index contributed by atoms with van der Waals surface area (Å²) in [6.07, 6.45) is 6.11. The summed E-state index contributed by atoms with van der Waals surface area (Å²) in [5.74, 6) is 0.595. The summed E-state index contributed by atoms with van der Waals surface area (Å²) in [4.78, 5) is 17.6. The van der Waals surface area contributed by atoms with Crippen LogP contribution in [0.5, 0.6) is 5.75 Å². The molecular formula is C27H39N3O5S2. The number of amides is 1. The predicted molar refractivity (Wildman–Crippen MR) is 147 cm³/mol. The Morgan fingerprint density at radius 1 is 1.19 bits per heavy atom. The van der Waals surface area contributed by atoms with Gasteiger partial charge in [0.15, 0.2) is 5.75 Å². The number of nitrogens with zero attached hydrogens (tertiary/aromatic N) is 2. The van der Waals surface area contributed by atoms with E-state index >= 15 is 0 Å². The summed E-state index contributed by atoms with van der Waals surface area (Å²) in [6.45, 7) is 5.78. The molecule has 204 valence electrons. The molecule has 2 N–H and O–H groups in total. The van der Waals surface area contributed by atoms with Crippen LogP contribution < -0.4 is 9.46 Å². The van der Waals surface area contributed by atoms with E-state index in [0.717, 1.165) is 17.9 Å². The van der Waals surface area contributed by atoms with Crippen LogP contribution >= 0.6 is 11.3 Å². The molecule has 0 spiro atoms. The van der Waals surface area contributed by atoms with E-state index in [2.05, 4.69) is 16.7 Å². The highest BCUT2D eigenvalue weighted by atomic mass is 32.2. The summed E-state index contributed by atoms with van der Waals surface area (Å²) in [7, 11) is -1.73. The first-order valence-corrected chi connectivity index (χ1v) is 15.5. The summed E-state index contributed by atoms with van der Waals surface area (Å²) in [5.41, 5.74) is 0.531. The number of sulfonamides is 1. The van der Waals surface area contributed by atoms with Gasteiger partial charge >= 0.3 is 0 Å². The maximum Gasteiger partial charge on any atom is 0.271 e. The van der Waals surface area contributed by atoms with Gasteiger partial charge in [0.25, 0.3) is 15.9 Å². The van der Waals surface area contributed by atoms with Crippen LogP contribution in [0, 0.1) is 11.8 Å². The van der Waals surface area contributed by atoms with Crippen molar-refractivity contribution in [1.82, 2.24) is 9.80 Å². The first-order chi connectivity index (χ1) is 17.7. The number of nitrogens with one attached hydrogen (secondary N) is 1. The molecule has 1 aliphatic carbocycles. The van der Waals surface area contributed by atoms with E-state index in [9.17, 15) is 18.3 Å². The molecule has 1 aromatic heterocycles. The summed E-state index contributed by atoms with van der Waals surface area (Å²) in [5, 5.41) is 11.6. The number of hydrogen-bond donors (Lipinski definition) is 2. The zero-order chi connectivity index (χ0) is 26.6. The molecule has 1 aliphatic heterocycles. The molecule has 1 aromatic carbocycles. The molecule has 37 heavy (non-hydrogen) atoms. The maximum absolute atomic E-state index is 13.6. The Kier molecular flexibility index (Phi) is 9.15. The van der Waals surface area contributed by atoms with E-state index in [-0.39, 0.29) is 46.2 Å². The molecule has 0 unspecified atom stereocenters. The van der Waals surface area contributed by atoms with Gasteiger partial charge in [0.2, 0.25) is 0 Å². The number of fused-ring (bicyclic) bond motifs is 1. The third kappa shape index (κ3) is 6.66. The van der Waals surface area contributed by atoms with Crippen molar-refractivity contribution in [1.29, 1.82) is 0 Å². The van der Waals surface area contributed by atoms with Crippen LogP contribution in [0.2, 0.25) is 0 Å². The summed E-state index contributed by atoms with van der Waals surface area (Å²) in [6, 6.07) is 7.80. The van der Waals surface area contributed by atoms with E-state index in [1.54, 1.807) is 40.6 Å². The molecule has 1 saturated carbocycles. The Morgan fingerprint density at radius 3 is 2.62 bits per heavy atom. The molecule has 3 atom stereocenters. The highest BCUT2D eigenvalue weighted by Crippen LogP contribution is 2.36. The van der Waals surface area contributed by atoms with E-state index in [1.165, 1.54) is 32.1 Å². The maximum atomic E-state index is 13.6. The minimum Gasteiger partial charge on any atom is -0.486 e. The van der Waals surface area contributed by atoms with Gasteiger partial charge in [-0.05, 0) is 56.3 Å². The van der Waals surface area contributed by atoms with Crippen LogP contribution in [-0.4, -0.2) is 74.7 Å². The van der Waals surface area contributed by atoms with Gasteiger partial charge in [0.1, 0.15) is 10.3 Å². The second-order valence-corrected chi connectivity index (χ2v) is 13.4. The van der Waals surface area contributed by atoms with Crippen molar-refractivity contribution in [2.45, 2.75) is 62.3 Å². The molecule has 1 amide bonds. The summed E-state index contributed by atoms with van der Waals surface area (Å²) < 4.78 is 35.5. The van der Waals surface area contributed by atoms with E-state index < -0.39 is 10.0 Å². The molecule has 0 saturated heterocycles. The number of aliphatic hydroxyl groups excluding tert-OH is 1. The highest BCUT2D eigenvalue weighted by Gasteiger charge is 2.35. The number of carbonyl (C=O) groups excluding carboxylic acids is 1. The monoisotopic (exact) mass is 549 g/mol. The molecule has 8 nitrogen and oxygen atoms in total. The molecule has 2 aromatic rings. The lowest BCUT2D eigenvalue weighted by Crippen LogP contribution is -2.50. The van der Waals surface area contributed by atoms with Crippen molar-refractivity contribution in [2.24, 2.45) is 11.8 Å². The van der Waals surface area contributed by atoms with Crippen LogP contribution in [0.15, 0.2) is 39.9 Å². The standard InChI is InChI=1S/C27H39N3O5S2/c1-19-15-30(20(2)18-31)27(32)22-11-7-12-23(28-37(33,34)25-13-8-14-36-25)26(22)35-24(19)17-29(3)16-21-9-5-4-6-10-21/h7-8,11-14,19-21,24,28,31H,4-6,9-10,15-18H2,1-3H3/t19-,20+,24+/m0/s1. The van der Waals surface area contributed by atoms with E-state index in [0.29, 0.717) is 24.6 Å². The van der Waals surface area contributed by atoms with Gasteiger partial charge < -0.3 is 19.6 Å². The largest absolute Gasteiger partial charge is 0.486 e. The molecule has 0 bridgehead atoms. The summed E-state index contributed by atoms with van der Waals surface area (Å²) >= 11 is 1.13. The SMILES string of the molecule is C[C@H](CO)N1C[C@H](C)[C@@H](CN(C)CC2CCCCC2)Oc2c(NS(=O)(=O)c3cccs3)cccc2C1=O. The Hall–Kier alpha value is -2.14. The molecule has 1 fully saturated rings. The smallest absolute Gasteiger partial charge is 0.271 e. The second kappa shape index (κ2) is 12.1. The Balaban J connectivity index is 1.67. The normalized spacial score (nSPS) is 22.2. The molecule has 10 heteroatoms. The van der Waals surface area contributed by atoms with Gasteiger partial charge in [-0.25, -0.2) is 8.42 Å². The fraction of sp³-hybridized carbons (Fsp3) is 0.593. The average molecular weight is 550 g/mol. The second-order valence-electron chi connectivity index (χ2n) is 10.6. The van der Waals surface area contributed by atoms with Gasteiger partial charge in [-0.1, -0.05) is 38.3 Å². The number of benzene rings is 1. The molecule has 2 aliphatic rings. The zero-order valence-corrected chi connectivity index (χ0v) is 23.6. The number of aliphatic hydroxyl groups is 1. The number of hydrogen-bond acceptors (Lipinski definition) is 7. The third-order valence-corrected chi connectivity index (χ3v) is 10.2. The number of para-hydroxylation sites is 1. The lowest BCUT2D eigenvalue weighted by molar-refractivity contribution is 0.0333. The molecule has 2 heterocycles. The van der Waals surface area contributed by atoms with Crippen molar-refractivity contribution in [3.8, 4) is 5.75 Å². The first kappa shape index (κ1) is 27.9. The Morgan fingerprint density at radius 2 is 1.95 bits per heavy atom. The van der Waals surface area contributed by atoms with E-state index in [1.807, 2.05) is 13.8 Å². The van der Waals surface area contributed by atoms with E-state index in [4.69, 9.17) is 4.74 Å². The number of carbonyl (C=O) groups is 1. The van der Waals surface area contributed by atoms with Crippen molar-refractivity contribution in [2.75, 3.05) is 38.0 Å². The minimum absolute atomic E-state index is 0.0399. The van der Waals surface area contributed by atoms with Gasteiger partial charge in [-0.3, -0.25) is 9.52 Å². The number of likely N-dealkylation sites (N-methyl/N-ethyl adjacent to an activating group) is 1. The minimum atomic E-state index is -3.84. The molecular weight excluding hydrogens is 510 g/mol. The first-order valence-electron chi connectivity index (χ1n) is 13.2. The van der Waals surface area contributed by atoms with Crippen molar-refractivity contribution < 1.29 is 23.1 Å². The van der Waals surface area contributed by atoms with Crippen LogP contribution in [0.25, 0.3) is 0 Å². The number of anilines is 1. The number of rotatable bonds is 9. The quantitative estimate of drug-likeness (QED) is 0.484. The fourth-order valence-corrected chi connectivity index (χ4v) is 7.40. The number of thiophene rings is 1. The van der Waals surface area contributed by atoms with Crippen LogP contribution in [0.3, 0.4) is 0 Å². The lowest BCUT2D eigenvalue weighted by Gasteiger charge is -2.39. The lowest BCUT2D eigenvalue weighted by atomic mass is 9.89. The van der Waals surface area contributed by atoms with Crippen molar-refractivity contribution in [3.63, 3.8) is 0 Å². The van der Waals surface area contributed by atoms with Crippen LogP contribution in [0.4, 0.5) is 5.69 Å². The predicted octanol–water partition coefficient (Wildman–Crippen LogP) is 4.28. The topological polar surface area (TPSA) is 99.2 Å². The van der Waals surface area contributed by atoms with Gasteiger partial charge in [-0.2, -0.15) is 0 Å². The van der Waals surface area contributed by atoms with Crippen molar-refractivity contribution in [3.05, 3.63) is 41.3 Å². The zero-order valence-electron chi connectivity index (χ0n) is 21.9. The van der Waals surface area contributed by atoms with Crippen LogP contribution in [0.1, 0.15) is 56.3 Å². The number of ether oxygens (including phenoxy) is 1. The van der Waals surface area contributed by atoms with Gasteiger partial charge in [0, 0.05) is 25.6 Å². The van der Waals surface area contributed by atoms with Gasteiger partial charge in [0.05, 0.1) is 23.9 Å².